The zero-order chi connectivity index (χ0) is 8.55. The number of halogens is 2. The van der Waals surface area contributed by atoms with Crippen molar-refractivity contribution in [1.29, 1.82) is 0 Å². The van der Waals surface area contributed by atoms with Crippen LogP contribution in [0.15, 0.2) is 0 Å². The molecule has 1 heterocycles. The van der Waals surface area contributed by atoms with Gasteiger partial charge in [-0.05, 0) is 18.8 Å². The van der Waals surface area contributed by atoms with Gasteiger partial charge >= 0.3 is 0 Å². The van der Waals surface area contributed by atoms with Crippen molar-refractivity contribution in [2.45, 2.75) is 39.6 Å². The Morgan fingerprint density at radius 2 is 1.75 bits per heavy atom. The highest BCUT2D eigenvalue weighted by atomic mass is 127. The second kappa shape index (κ2) is 4.29. The van der Waals surface area contributed by atoms with Crippen molar-refractivity contribution in [2.24, 2.45) is 5.92 Å². The summed E-state index contributed by atoms with van der Waals surface area (Å²) >= 11 is 5.26. The van der Waals surface area contributed by atoms with Gasteiger partial charge in [0.1, 0.15) is 0 Å². The summed E-state index contributed by atoms with van der Waals surface area (Å²) in [6, 6.07) is 0.841. The van der Waals surface area contributed by atoms with E-state index in [1.54, 1.807) is 0 Å². The maximum absolute atomic E-state index is 3.58. The fraction of sp³-hybridized carbons (Fsp3) is 1.00. The molecular formula is C9H15I2N. The molecule has 3 heteroatoms. The lowest BCUT2D eigenvalue weighted by atomic mass is 9.80. The van der Waals surface area contributed by atoms with Crippen LogP contribution in [0.3, 0.4) is 0 Å². The van der Waals surface area contributed by atoms with Gasteiger partial charge in [0.2, 0.25) is 0 Å². The molecule has 2 rings (SSSR count). The van der Waals surface area contributed by atoms with Gasteiger partial charge in [-0.2, -0.15) is 0 Å². The summed E-state index contributed by atoms with van der Waals surface area (Å²) in [5.41, 5.74) is 0. The molecule has 12 heavy (non-hydrogen) atoms. The van der Waals surface area contributed by atoms with Crippen molar-refractivity contribution in [3.8, 4) is 0 Å². The third-order valence-electron chi connectivity index (χ3n) is 3.13. The van der Waals surface area contributed by atoms with E-state index in [-0.39, 0.29) is 0 Å². The van der Waals surface area contributed by atoms with Crippen LogP contribution in [0.4, 0.5) is 0 Å². The van der Waals surface area contributed by atoms with Gasteiger partial charge in [0.05, 0.1) is 0 Å². The molecule has 70 valence electrons. The largest absolute Gasteiger partial charge is 0.311 e. The Balaban J connectivity index is 1.92. The van der Waals surface area contributed by atoms with E-state index in [0.29, 0.717) is 0 Å². The van der Waals surface area contributed by atoms with Crippen LogP contribution in [0.2, 0.25) is 0 Å². The zero-order valence-electron chi connectivity index (χ0n) is 7.10. The van der Waals surface area contributed by atoms with Crippen molar-refractivity contribution >= 4 is 45.2 Å². The predicted molar refractivity (Wildman–Crippen MR) is 69.4 cm³/mol. The minimum Gasteiger partial charge on any atom is -0.311 e. The van der Waals surface area contributed by atoms with Crippen LogP contribution in [0.1, 0.15) is 25.7 Å². The lowest BCUT2D eigenvalue weighted by Crippen LogP contribution is -2.59. The van der Waals surface area contributed by atoms with E-state index in [1.165, 1.54) is 32.2 Å². The number of hydrogen-bond acceptors (Lipinski definition) is 1. The molecule has 1 saturated carbocycles. The standard InChI is InChI=1S/C9H15I2N/c10-7-4-2-1-3-6(7)9-8(11)5-12-9/h6-9,12H,1-5H2. The van der Waals surface area contributed by atoms with Crippen LogP contribution < -0.4 is 5.32 Å². The molecule has 1 nitrogen and oxygen atoms in total. The van der Waals surface area contributed by atoms with Gasteiger partial charge in [-0.15, -0.1) is 0 Å². The average Bonchev–Trinajstić information content (AvgIpc) is 2.06. The van der Waals surface area contributed by atoms with Crippen LogP contribution in [-0.2, 0) is 0 Å². The fourth-order valence-electron chi connectivity index (χ4n) is 2.28. The molecule has 2 fully saturated rings. The first-order valence-electron chi connectivity index (χ1n) is 4.80. The van der Waals surface area contributed by atoms with Crippen molar-refractivity contribution in [3.63, 3.8) is 0 Å². The Hall–Kier alpha value is 1.42. The third-order valence-corrected chi connectivity index (χ3v) is 5.89. The van der Waals surface area contributed by atoms with Crippen molar-refractivity contribution < 1.29 is 0 Å². The lowest BCUT2D eigenvalue weighted by Gasteiger charge is -2.44. The molecule has 0 bridgehead atoms. The molecular weight excluding hydrogens is 376 g/mol. The Morgan fingerprint density at radius 3 is 2.25 bits per heavy atom. The van der Waals surface area contributed by atoms with Gasteiger partial charge in [-0.1, -0.05) is 58.0 Å². The van der Waals surface area contributed by atoms with Gasteiger partial charge < -0.3 is 5.32 Å². The monoisotopic (exact) mass is 391 g/mol. The van der Waals surface area contributed by atoms with Crippen LogP contribution in [-0.4, -0.2) is 20.4 Å². The molecule has 1 N–H and O–H groups in total. The molecule has 0 aromatic heterocycles. The van der Waals surface area contributed by atoms with E-state index >= 15 is 0 Å². The van der Waals surface area contributed by atoms with E-state index in [2.05, 4.69) is 50.5 Å². The molecule has 0 radical (unpaired) electrons. The SMILES string of the molecule is IC1CCCCC1C1NCC1I. The number of alkyl halides is 2. The normalized spacial score (nSPS) is 48.5. The average molecular weight is 391 g/mol. The highest BCUT2D eigenvalue weighted by molar-refractivity contribution is 14.1. The number of hydrogen-bond donors (Lipinski definition) is 1. The summed E-state index contributed by atoms with van der Waals surface area (Å²) in [7, 11) is 0. The van der Waals surface area contributed by atoms with Crippen molar-refractivity contribution in [1.82, 2.24) is 5.32 Å². The first kappa shape index (κ1) is 9.96. The van der Waals surface area contributed by atoms with Crippen LogP contribution >= 0.6 is 45.2 Å². The van der Waals surface area contributed by atoms with Crippen LogP contribution in [0.25, 0.3) is 0 Å². The van der Waals surface area contributed by atoms with Gasteiger partial charge in [0.15, 0.2) is 0 Å². The maximum Gasteiger partial charge on any atom is 0.0391 e. The van der Waals surface area contributed by atoms with E-state index in [4.69, 9.17) is 0 Å². The molecule has 1 aliphatic heterocycles. The molecule has 0 spiro atoms. The molecule has 1 aliphatic carbocycles. The molecule has 4 unspecified atom stereocenters. The Bertz CT molecular complexity index is 163. The minimum atomic E-state index is 0.841. The summed E-state index contributed by atoms with van der Waals surface area (Å²) in [5, 5.41) is 3.58. The van der Waals surface area contributed by atoms with Crippen molar-refractivity contribution in [3.05, 3.63) is 0 Å². The topological polar surface area (TPSA) is 12.0 Å². The van der Waals surface area contributed by atoms with Gasteiger partial charge in [-0.25, -0.2) is 0 Å². The third kappa shape index (κ3) is 1.92. The summed E-state index contributed by atoms with van der Waals surface area (Å²) in [6.07, 6.45) is 5.84. The molecule has 0 aromatic carbocycles. The fourth-order valence-corrected chi connectivity index (χ4v) is 4.57. The summed E-state index contributed by atoms with van der Waals surface area (Å²) in [4.78, 5) is 0. The Morgan fingerprint density at radius 1 is 1.00 bits per heavy atom. The molecule has 4 atom stereocenters. The second-order valence-corrected chi connectivity index (χ2v) is 7.11. The number of nitrogens with one attached hydrogen (secondary N) is 1. The maximum atomic E-state index is 3.58. The Kier molecular flexibility index (Phi) is 3.56. The smallest absolute Gasteiger partial charge is 0.0391 e. The summed E-state index contributed by atoms with van der Waals surface area (Å²) in [5.74, 6) is 0.968. The van der Waals surface area contributed by atoms with E-state index in [0.717, 1.165) is 19.8 Å². The molecule has 1 saturated heterocycles. The predicted octanol–water partition coefficient (Wildman–Crippen LogP) is 2.76. The second-order valence-electron chi connectivity index (χ2n) is 3.91. The Labute approximate surface area is 102 Å². The van der Waals surface area contributed by atoms with E-state index < -0.39 is 0 Å². The zero-order valence-corrected chi connectivity index (χ0v) is 11.4. The highest BCUT2D eigenvalue weighted by Crippen LogP contribution is 2.37. The first-order valence-corrected chi connectivity index (χ1v) is 7.29. The van der Waals surface area contributed by atoms with E-state index in [9.17, 15) is 0 Å². The number of rotatable bonds is 1. The van der Waals surface area contributed by atoms with E-state index in [1.807, 2.05) is 0 Å². The minimum absolute atomic E-state index is 0.841. The summed E-state index contributed by atoms with van der Waals surface area (Å²) in [6.45, 7) is 1.24. The van der Waals surface area contributed by atoms with Crippen molar-refractivity contribution in [2.75, 3.05) is 6.54 Å². The van der Waals surface area contributed by atoms with Crippen LogP contribution in [0.5, 0.6) is 0 Å². The quantitative estimate of drug-likeness (QED) is 0.536. The van der Waals surface area contributed by atoms with Gasteiger partial charge in [0.25, 0.3) is 0 Å². The van der Waals surface area contributed by atoms with Gasteiger partial charge in [-0.3, -0.25) is 0 Å². The molecule has 0 aromatic rings. The van der Waals surface area contributed by atoms with Gasteiger partial charge in [0, 0.05) is 20.4 Å². The lowest BCUT2D eigenvalue weighted by molar-refractivity contribution is 0.234. The first-order chi connectivity index (χ1) is 5.79. The highest BCUT2D eigenvalue weighted by Gasteiger charge is 2.38. The van der Waals surface area contributed by atoms with Crippen LogP contribution in [0, 0.1) is 5.92 Å². The molecule has 2 aliphatic rings. The molecule has 0 amide bonds. The summed E-state index contributed by atoms with van der Waals surface area (Å²) < 4.78 is 1.84.